The molecule has 2 aromatic rings. The van der Waals surface area contributed by atoms with E-state index in [2.05, 4.69) is 24.3 Å². The molecule has 1 amide bonds. The van der Waals surface area contributed by atoms with Gasteiger partial charge in [0.15, 0.2) is 0 Å². The maximum atomic E-state index is 12.7. The van der Waals surface area contributed by atoms with Crippen LogP contribution in [0.15, 0.2) is 41.0 Å². The Labute approximate surface area is 142 Å². The lowest BCUT2D eigenvalue weighted by atomic mass is 9.90. The van der Waals surface area contributed by atoms with Gasteiger partial charge in [0, 0.05) is 6.54 Å². The molecule has 0 atom stereocenters. The highest BCUT2D eigenvalue weighted by Crippen LogP contribution is 2.22. The molecule has 0 saturated carbocycles. The molecule has 1 aliphatic carbocycles. The Bertz CT molecular complexity index is 729. The molecule has 1 aromatic carbocycles. The molecule has 0 N–H and O–H groups in total. The Balaban J connectivity index is 1.69. The molecule has 0 fully saturated rings. The van der Waals surface area contributed by atoms with Crippen LogP contribution in [-0.2, 0) is 30.6 Å². The van der Waals surface area contributed by atoms with E-state index in [9.17, 15) is 4.79 Å². The van der Waals surface area contributed by atoms with Crippen LogP contribution in [0.5, 0.6) is 0 Å². The number of nitriles is 1. The summed E-state index contributed by atoms with van der Waals surface area (Å²) in [5.41, 5.74) is 3.87. The highest BCUT2D eigenvalue weighted by molar-refractivity contribution is 5.78. The second-order valence-corrected chi connectivity index (χ2v) is 6.29. The largest absolute Gasteiger partial charge is 0.467 e. The van der Waals surface area contributed by atoms with Crippen LogP contribution >= 0.6 is 0 Å². The van der Waals surface area contributed by atoms with Crippen molar-refractivity contribution in [3.8, 4) is 6.07 Å². The lowest BCUT2D eigenvalue weighted by molar-refractivity contribution is -0.131. The van der Waals surface area contributed by atoms with Gasteiger partial charge in [0.2, 0.25) is 5.91 Å². The van der Waals surface area contributed by atoms with Crippen LogP contribution in [0, 0.1) is 11.3 Å². The Morgan fingerprint density at radius 1 is 1.21 bits per heavy atom. The molecule has 0 spiro atoms. The SMILES string of the molecule is N#CCCN(Cc1ccco1)C(=O)Cc1ccc2c(c1)CCCC2. The Kier molecular flexibility index (Phi) is 5.32. The second kappa shape index (κ2) is 7.83. The molecular weight excluding hydrogens is 300 g/mol. The number of hydrogen-bond donors (Lipinski definition) is 0. The van der Waals surface area contributed by atoms with E-state index >= 15 is 0 Å². The quantitative estimate of drug-likeness (QED) is 0.816. The summed E-state index contributed by atoms with van der Waals surface area (Å²) in [6, 6.07) is 12.2. The zero-order valence-corrected chi connectivity index (χ0v) is 13.8. The zero-order chi connectivity index (χ0) is 16.8. The van der Waals surface area contributed by atoms with Crippen molar-refractivity contribution < 1.29 is 9.21 Å². The van der Waals surface area contributed by atoms with Crippen molar-refractivity contribution in [1.82, 2.24) is 4.90 Å². The van der Waals surface area contributed by atoms with Crippen LogP contribution in [0.3, 0.4) is 0 Å². The average molecular weight is 322 g/mol. The van der Waals surface area contributed by atoms with Crippen molar-refractivity contribution in [2.45, 2.75) is 45.1 Å². The summed E-state index contributed by atoms with van der Waals surface area (Å²) in [5, 5.41) is 8.83. The molecule has 0 saturated heterocycles. The standard InChI is InChI=1S/C20H22N2O2/c21-10-4-11-22(15-19-7-3-12-24-19)20(23)14-16-8-9-17-5-1-2-6-18(17)13-16/h3,7-9,12-13H,1-2,4-6,11,14-15H2. The van der Waals surface area contributed by atoms with E-state index in [0.29, 0.717) is 25.9 Å². The predicted octanol–water partition coefficient (Wildman–Crippen LogP) is 3.64. The van der Waals surface area contributed by atoms with E-state index in [1.54, 1.807) is 11.2 Å². The third-order valence-electron chi connectivity index (χ3n) is 4.54. The monoisotopic (exact) mass is 322 g/mol. The van der Waals surface area contributed by atoms with Gasteiger partial charge in [-0.3, -0.25) is 4.79 Å². The number of rotatable bonds is 6. The predicted molar refractivity (Wildman–Crippen MR) is 91.1 cm³/mol. The maximum Gasteiger partial charge on any atom is 0.227 e. The van der Waals surface area contributed by atoms with Gasteiger partial charge in [0.25, 0.3) is 0 Å². The van der Waals surface area contributed by atoms with E-state index in [4.69, 9.17) is 9.68 Å². The van der Waals surface area contributed by atoms with Crippen molar-refractivity contribution in [2.24, 2.45) is 0 Å². The third kappa shape index (κ3) is 4.05. The first-order valence-electron chi connectivity index (χ1n) is 8.54. The van der Waals surface area contributed by atoms with E-state index in [1.165, 1.54) is 24.0 Å². The molecule has 124 valence electrons. The smallest absolute Gasteiger partial charge is 0.227 e. The maximum absolute atomic E-state index is 12.7. The normalized spacial score (nSPS) is 13.1. The van der Waals surface area contributed by atoms with Gasteiger partial charge in [-0.05, 0) is 54.5 Å². The number of furan rings is 1. The van der Waals surface area contributed by atoms with Crippen LogP contribution in [0.2, 0.25) is 0 Å². The molecular formula is C20H22N2O2. The molecule has 4 nitrogen and oxygen atoms in total. The van der Waals surface area contributed by atoms with Gasteiger partial charge in [0.05, 0.1) is 31.7 Å². The summed E-state index contributed by atoms with van der Waals surface area (Å²) in [7, 11) is 0. The fourth-order valence-electron chi connectivity index (χ4n) is 3.25. The van der Waals surface area contributed by atoms with Gasteiger partial charge in [-0.25, -0.2) is 0 Å². The van der Waals surface area contributed by atoms with Crippen molar-refractivity contribution in [1.29, 1.82) is 5.26 Å². The summed E-state index contributed by atoms with van der Waals surface area (Å²) in [4.78, 5) is 14.4. The van der Waals surface area contributed by atoms with Crippen LogP contribution < -0.4 is 0 Å². The fraction of sp³-hybridized carbons (Fsp3) is 0.400. The van der Waals surface area contributed by atoms with Crippen molar-refractivity contribution >= 4 is 5.91 Å². The average Bonchev–Trinajstić information content (AvgIpc) is 3.11. The molecule has 1 heterocycles. The summed E-state index contributed by atoms with van der Waals surface area (Å²) >= 11 is 0. The fourth-order valence-corrected chi connectivity index (χ4v) is 3.25. The number of benzene rings is 1. The van der Waals surface area contributed by atoms with Crippen molar-refractivity contribution in [2.75, 3.05) is 6.54 Å². The highest BCUT2D eigenvalue weighted by Gasteiger charge is 2.17. The van der Waals surface area contributed by atoms with Gasteiger partial charge < -0.3 is 9.32 Å². The summed E-state index contributed by atoms with van der Waals surface area (Å²) in [5.74, 6) is 0.782. The molecule has 4 heteroatoms. The number of amides is 1. The molecule has 1 aromatic heterocycles. The molecule has 0 aliphatic heterocycles. The highest BCUT2D eigenvalue weighted by atomic mass is 16.3. The van der Waals surface area contributed by atoms with Crippen LogP contribution in [0.4, 0.5) is 0 Å². The van der Waals surface area contributed by atoms with Gasteiger partial charge in [0.1, 0.15) is 5.76 Å². The Morgan fingerprint density at radius 2 is 2.04 bits per heavy atom. The zero-order valence-electron chi connectivity index (χ0n) is 13.8. The lowest BCUT2D eigenvalue weighted by Gasteiger charge is -2.21. The number of fused-ring (bicyclic) bond motifs is 1. The van der Waals surface area contributed by atoms with Crippen LogP contribution in [0.25, 0.3) is 0 Å². The number of nitrogens with zero attached hydrogens (tertiary/aromatic N) is 2. The summed E-state index contributed by atoms with van der Waals surface area (Å²) < 4.78 is 5.34. The molecule has 0 bridgehead atoms. The molecule has 1 aliphatic rings. The number of carbonyl (C=O) groups is 1. The summed E-state index contributed by atoms with van der Waals surface area (Å²) in [6.07, 6.45) is 7.06. The van der Waals surface area contributed by atoms with E-state index in [1.807, 2.05) is 12.1 Å². The molecule has 3 rings (SSSR count). The minimum atomic E-state index is 0.0393. The minimum Gasteiger partial charge on any atom is -0.467 e. The molecule has 0 unspecified atom stereocenters. The molecule has 0 radical (unpaired) electrons. The van der Waals surface area contributed by atoms with E-state index in [0.717, 1.165) is 24.2 Å². The summed E-state index contributed by atoms with van der Waals surface area (Å²) in [6.45, 7) is 0.847. The first-order chi connectivity index (χ1) is 11.8. The topological polar surface area (TPSA) is 57.2 Å². The second-order valence-electron chi connectivity index (χ2n) is 6.29. The number of aryl methyl sites for hydroxylation is 2. The lowest BCUT2D eigenvalue weighted by Crippen LogP contribution is -2.32. The minimum absolute atomic E-state index is 0.0393. The van der Waals surface area contributed by atoms with E-state index < -0.39 is 0 Å². The van der Waals surface area contributed by atoms with Gasteiger partial charge in [-0.2, -0.15) is 5.26 Å². The molecule has 24 heavy (non-hydrogen) atoms. The van der Waals surface area contributed by atoms with Crippen LogP contribution in [0.1, 0.15) is 41.7 Å². The van der Waals surface area contributed by atoms with Crippen molar-refractivity contribution in [3.05, 3.63) is 59.0 Å². The van der Waals surface area contributed by atoms with Gasteiger partial charge in [-0.15, -0.1) is 0 Å². The number of hydrogen-bond acceptors (Lipinski definition) is 3. The third-order valence-corrected chi connectivity index (χ3v) is 4.54. The van der Waals surface area contributed by atoms with Crippen LogP contribution in [-0.4, -0.2) is 17.4 Å². The first kappa shape index (κ1) is 16.3. The first-order valence-corrected chi connectivity index (χ1v) is 8.54. The Morgan fingerprint density at radius 3 is 2.79 bits per heavy atom. The number of carbonyl (C=O) groups excluding carboxylic acids is 1. The van der Waals surface area contributed by atoms with Gasteiger partial charge in [-0.1, -0.05) is 18.2 Å². The van der Waals surface area contributed by atoms with Gasteiger partial charge >= 0.3 is 0 Å². The Hall–Kier alpha value is -2.54. The van der Waals surface area contributed by atoms with E-state index in [-0.39, 0.29) is 5.91 Å². The van der Waals surface area contributed by atoms with Crippen molar-refractivity contribution in [3.63, 3.8) is 0 Å².